The molecule has 29 heavy (non-hydrogen) atoms. The molecule has 0 aromatic heterocycles. The molecule has 0 saturated heterocycles. The number of hydrogen-bond donors (Lipinski definition) is 2. The Hall–Kier alpha value is -0.260. The molecule has 0 aromatic rings. The molecule has 4 saturated carbocycles. The van der Waals surface area contributed by atoms with Crippen LogP contribution in [0, 0.1) is 34.5 Å². The van der Waals surface area contributed by atoms with Gasteiger partial charge in [0.2, 0.25) is 0 Å². The lowest BCUT2D eigenvalue weighted by molar-refractivity contribution is -0.131. The van der Waals surface area contributed by atoms with E-state index in [-0.39, 0.29) is 16.9 Å². The van der Waals surface area contributed by atoms with Gasteiger partial charge in [-0.15, -0.1) is 3.63 Å². The van der Waals surface area contributed by atoms with E-state index in [2.05, 4.69) is 10.6 Å². The Kier molecular flexibility index (Phi) is 5.40. The summed E-state index contributed by atoms with van der Waals surface area (Å²) >= 11 is 0. The molecule has 4 aliphatic carbocycles. The van der Waals surface area contributed by atoms with Crippen molar-refractivity contribution in [2.45, 2.75) is 83.8 Å². The summed E-state index contributed by atoms with van der Waals surface area (Å²) < 4.78 is 63.2. The van der Waals surface area contributed by atoms with Crippen LogP contribution >= 0.6 is 0 Å². The predicted molar refractivity (Wildman–Crippen MR) is 104 cm³/mol. The monoisotopic (exact) mass is 452 g/mol. The summed E-state index contributed by atoms with van der Waals surface area (Å²) in [6.45, 7) is 4.43. The molecule has 0 heterocycles. The van der Waals surface area contributed by atoms with Gasteiger partial charge in [-0.1, -0.05) is 13.8 Å². The zero-order valence-corrected chi connectivity index (χ0v) is 18.6. The third kappa shape index (κ3) is 3.89. The van der Waals surface area contributed by atoms with Gasteiger partial charge in [-0.05, 0) is 92.3 Å². The summed E-state index contributed by atoms with van der Waals surface area (Å²) in [5.74, 6) is 1.92. The minimum Gasteiger partial charge on any atom is -0.393 e. The lowest BCUT2D eigenvalue weighted by atomic mass is 9.45. The van der Waals surface area contributed by atoms with E-state index < -0.39 is 26.9 Å². The largest absolute Gasteiger partial charge is 0.416 e. The van der Waals surface area contributed by atoms with Crippen LogP contribution in [-0.2, 0) is 28.6 Å². The molecule has 4 aliphatic rings. The Morgan fingerprint density at radius 1 is 0.862 bits per heavy atom. The van der Waals surface area contributed by atoms with E-state index in [4.69, 9.17) is 8.74 Å². The van der Waals surface area contributed by atoms with Crippen molar-refractivity contribution in [3.05, 3.63) is 0 Å². The van der Waals surface area contributed by atoms with Crippen LogP contribution in [0.4, 0.5) is 0 Å². The molecule has 1 unspecified atom stereocenters. The first-order valence-electron chi connectivity index (χ1n) is 10.6. The van der Waals surface area contributed by atoms with Gasteiger partial charge in [0.1, 0.15) is 0 Å². The molecule has 0 amide bonds. The van der Waals surface area contributed by atoms with Crippen molar-refractivity contribution >= 4 is 20.8 Å². The van der Waals surface area contributed by atoms with E-state index in [1.807, 2.05) is 6.92 Å². The van der Waals surface area contributed by atoms with Crippen molar-refractivity contribution in [1.29, 1.82) is 0 Å². The van der Waals surface area contributed by atoms with Gasteiger partial charge in [-0.3, -0.25) is 4.55 Å². The van der Waals surface area contributed by atoms with Crippen LogP contribution in [0.2, 0.25) is 0 Å². The Balaban J connectivity index is 1.53. The first-order valence-corrected chi connectivity index (χ1v) is 13.3. The van der Waals surface area contributed by atoms with E-state index >= 15 is 0 Å². The van der Waals surface area contributed by atoms with Crippen molar-refractivity contribution in [2.24, 2.45) is 34.5 Å². The van der Waals surface area contributed by atoms with Gasteiger partial charge >= 0.3 is 20.8 Å². The molecule has 0 aromatic carbocycles. The van der Waals surface area contributed by atoms with Crippen LogP contribution in [0.15, 0.2) is 0 Å². The number of aliphatic hydroxyl groups is 1. The van der Waals surface area contributed by atoms with Crippen molar-refractivity contribution < 1.29 is 34.3 Å². The summed E-state index contributed by atoms with van der Waals surface area (Å²) in [6, 6.07) is 0. The van der Waals surface area contributed by atoms with Crippen LogP contribution in [-0.4, -0.2) is 38.7 Å². The fraction of sp³-hybridized carbons (Fsp3) is 1.00. The molecule has 8 atom stereocenters. The van der Waals surface area contributed by atoms with Gasteiger partial charge < -0.3 is 5.11 Å². The predicted octanol–water partition coefficient (Wildman–Crippen LogP) is 2.84. The number of rotatable bonds is 4. The highest BCUT2D eigenvalue weighted by molar-refractivity contribution is 7.94. The summed E-state index contributed by atoms with van der Waals surface area (Å²) in [4.78, 5) is 0. The number of aliphatic hydroxyl groups excluding tert-OH is 1. The minimum absolute atomic E-state index is 0.184. The molecule has 0 spiro atoms. The van der Waals surface area contributed by atoms with E-state index in [0.717, 1.165) is 51.4 Å². The zero-order valence-electron chi connectivity index (χ0n) is 17.0. The lowest BCUT2D eigenvalue weighted by Gasteiger charge is -2.60. The molecule has 2 N–H and O–H groups in total. The molecule has 0 bridgehead atoms. The summed E-state index contributed by atoms with van der Waals surface area (Å²) in [5, 5.41) is 10.1. The summed E-state index contributed by atoms with van der Waals surface area (Å²) in [6.07, 6.45) is 7.29. The van der Waals surface area contributed by atoms with Crippen molar-refractivity contribution in [2.75, 3.05) is 0 Å². The van der Waals surface area contributed by atoms with Crippen LogP contribution in [0.5, 0.6) is 0 Å². The fourth-order valence-electron chi connectivity index (χ4n) is 7.61. The van der Waals surface area contributed by atoms with Gasteiger partial charge in [0, 0.05) is 0 Å². The summed E-state index contributed by atoms with van der Waals surface area (Å²) in [7, 11) is -9.99. The highest BCUT2D eigenvalue weighted by Gasteiger charge is 2.61. The average molecular weight is 453 g/mol. The van der Waals surface area contributed by atoms with Crippen molar-refractivity contribution in [3.8, 4) is 0 Å². The maximum absolute atomic E-state index is 12.0. The van der Waals surface area contributed by atoms with Gasteiger partial charge in [0.15, 0.2) is 0 Å². The average Bonchev–Trinajstić information content (AvgIpc) is 2.89. The van der Waals surface area contributed by atoms with E-state index in [9.17, 15) is 21.9 Å². The van der Waals surface area contributed by atoms with Gasteiger partial charge in [0.05, 0.1) is 12.2 Å². The second kappa shape index (κ2) is 7.13. The lowest BCUT2D eigenvalue weighted by Crippen LogP contribution is -2.54. The summed E-state index contributed by atoms with van der Waals surface area (Å²) in [5.41, 5.74) is -0.142. The Morgan fingerprint density at radius 3 is 2.21 bits per heavy atom. The van der Waals surface area contributed by atoms with E-state index in [0.29, 0.717) is 30.1 Å². The first-order chi connectivity index (χ1) is 13.3. The topological polar surface area (TPSA) is 127 Å². The molecule has 4 fully saturated rings. The van der Waals surface area contributed by atoms with Gasteiger partial charge in [0.25, 0.3) is 0 Å². The fourth-order valence-corrected chi connectivity index (χ4v) is 9.18. The SMILES string of the molecule is C[C@]12CC[C@H]3[C@@H](CCC4C[C@H](O)CC[C@@]43C)[C@@H]1CC[C@H]2OS(=O)(=O)OS(=O)(=O)O. The zero-order chi connectivity index (χ0) is 21.2. The van der Waals surface area contributed by atoms with Gasteiger partial charge in [-0.25, -0.2) is 4.18 Å². The molecular weight excluding hydrogens is 420 g/mol. The van der Waals surface area contributed by atoms with Crippen LogP contribution in [0.1, 0.15) is 71.6 Å². The molecular formula is C19H32O8S2. The second-order valence-electron chi connectivity index (χ2n) is 10.2. The maximum Gasteiger partial charge on any atom is 0.416 e. The van der Waals surface area contributed by atoms with Crippen LogP contribution < -0.4 is 0 Å². The molecule has 0 aliphatic heterocycles. The van der Waals surface area contributed by atoms with E-state index in [1.54, 1.807) is 0 Å². The van der Waals surface area contributed by atoms with Crippen molar-refractivity contribution in [3.63, 3.8) is 0 Å². The molecule has 10 heteroatoms. The highest BCUT2D eigenvalue weighted by Crippen LogP contribution is 2.66. The standard InChI is InChI=1S/C19H32O8S2/c1-18-9-7-13(20)11-12(18)3-4-14-15-5-6-17(19(15,2)10-8-16(14)18)26-29(24,25)27-28(21,22)23/h12-17,20H,3-11H2,1-2H3,(H,21,22,23)/t12?,13-,14+,15+,16+,17-,18+,19+/m1/s1. The maximum atomic E-state index is 12.0. The Bertz CT molecular complexity index is 855. The Labute approximate surface area is 173 Å². The molecule has 0 radical (unpaired) electrons. The smallest absolute Gasteiger partial charge is 0.393 e. The van der Waals surface area contributed by atoms with Crippen LogP contribution in [0.3, 0.4) is 0 Å². The number of hydrogen-bond acceptors (Lipinski definition) is 7. The highest BCUT2D eigenvalue weighted by atomic mass is 32.3. The molecule has 4 rings (SSSR count). The second-order valence-corrected chi connectivity index (χ2v) is 12.6. The van der Waals surface area contributed by atoms with Crippen molar-refractivity contribution in [1.82, 2.24) is 0 Å². The quantitative estimate of drug-likeness (QED) is 0.623. The van der Waals surface area contributed by atoms with E-state index in [1.165, 1.54) is 0 Å². The third-order valence-electron chi connectivity index (χ3n) is 8.95. The number of fused-ring (bicyclic) bond motifs is 5. The first kappa shape index (κ1) is 22.0. The third-order valence-corrected chi connectivity index (χ3v) is 10.8. The normalized spacial score (nSPS) is 47.9. The van der Waals surface area contributed by atoms with Crippen LogP contribution in [0.25, 0.3) is 0 Å². The molecule has 8 nitrogen and oxygen atoms in total. The molecule has 168 valence electrons. The minimum atomic E-state index is -5.15. The van der Waals surface area contributed by atoms with Gasteiger partial charge in [-0.2, -0.15) is 16.8 Å². The Morgan fingerprint density at radius 2 is 1.52 bits per heavy atom.